The third-order valence-electron chi connectivity index (χ3n) is 3.77. The summed E-state index contributed by atoms with van der Waals surface area (Å²) < 4.78 is 5.94. The molecule has 0 saturated heterocycles. The number of hydrogen-bond donors (Lipinski definition) is 2. The molecule has 0 bridgehead atoms. The third-order valence-corrected chi connectivity index (χ3v) is 3.77. The highest BCUT2D eigenvalue weighted by Gasteiger charge is 2.17. The lowest BCUT2D eigenvalue weighted by Gasteiger charge is -2.16. The first-order valence-electron chi connectivity index (χ1n) is 7.88. The number of nitrogens with one attached hydrogen (secondary N) is 1. The maximum Gasteiger partial charge on any atom is 0.241 e. The van der Waals surface area contributed by atoms with E-state index in [9.17, 15) is 4.79 Å². The monoisotopic (exact) mass is 290 g/mol. The van der Waals surface area contributed by atoms with Gasteiger partial charge in [-0.05, 0) is 50.2 Å². The van der Waals surface area contributed by atoms with Gasteiger partial charge in [0.15, 0.2) is 0 Å². The Labute approximate surface area is 127 Å². The van der Waals surface area contributed by atoms with Crippen LogP contribution in [-0.4, -0.2) is 18.1 Å². The Morgan fingerprint density at radius 1 is 1.38 bits per heavy atom. The van der Waals surface area contributed by atoms with Gasteiger partial charge in [-0.2, -0.15) is 0 Å². The SMILES string of the molecule is CC(C)C[C@H](N)C(=O)Nc1cccc(OC2CCCC2)c1. The number of amides is 1. The van der Waals surface area contributed by atoms with Crippen LogP contribution in [0.5, 0.6) is 5.75 Å². The molecule has 0 heterocycles. The minimum atomic E-state index is -0.468. The topological polar surface area (TPSA) is 64.4 Å². The van der Waals surface area contributed by atoms with Crippen molar-refractivity contribution in [3.8, 4) is 5.75 Å². The van der Waals surface area contributed by atoms with Crippen LogP contribution in [0.1, 0.15) is 46.0 Å². The number of carbonyl (C=O) groups is 1. The van der Waals surface area contributed by atoms with Gasteiger partial charge in [-0.1, -0.05) is 19.9 Å². The molecule has 1 aliphatic carbocycles. The van der Waals surface area contributed by atoms with Gasteiger partial charge in [-0.3, -0.25) is 4.79 Å². The van der Waals surface area contributed by atoms with Crippen molar-refractivity contribution in [1.29, 1.82) is 0 Å². The first kappa shape index (κ1) is 15.8. The molecule has 0 unspecified atom stereocenters. The van der Waals surface area contributed by atoms with Gasteiger partial charge in [0.25, 0.3) is 0 Å². The Morgan fingerprint density at radius 2 is 2.10 bits per heavy atom. The molecule has 4 nitrogen and oxygen atoms in total. The van der Waals surface area contributed by atoms with Crippen LogP contribution < -0.4 is 15.8 Å². The molecule has 1 atom stereocenters. The van der Waals surface area contributed by atoms with Crippen molar-refractivity contribution >= 4 is 11.6 Å². The number of anilines is 1. The van der Waals surface area contributed by atoms with Crippen LogP contribution in [0, 0.1) is 5.92 Å². The minimum Gasteiger partial charge on any atom is -0.490 e. The van der Waals surface area contributed by atoms with Crippen molar-refractivity contribution in [2.45, 2.75) is 58.1 Å². The Bertz CT molecular complexity index is 468. The van der Waals surface area contributed by atoms with Gasteiger partial charge in [-0.15, -0.1) is 0 Å². The first-order chi connectivity index (χ1) is 10.0. The maximum atomic E-state index is 12.0. The summed E-state index contributed by atoms with van der Waals surface area (Å²) in [6.45, 7) is 4.12. The Morgan fingerprint density at radius 3 is 2.76 bits per heavy atom. The third kappa shape index (κ3) is 5.05. The molecule has 0 radical (unpaired) electrons. The number of hydrogen-bond acceptors (Lipinski definition) is 3. The highest BCUT2D eigenvalue weighted by Crippen LogP contribution is 2.25. The summed E-state index contributed by atoms with van der Waals surface area (Å²) >= 11 is 0. The van der Waals surface area contributed by atoms with E-state index in [0.29, 0.717) is 18.4 Å². The number of carbonyl (C=O) groups excluding carboxylic acids is 1. The molecule has 0 aliphatic heterocycles. The fourth-order valence-corrected chi connectivity index (χ4v) is 2.70. The van der Waals surface area contributed by atoms with E-state index < -0.39 is 6.04 Å². The van der Waals surface area contributed by atoms with Crippen LogP contribution in [0.2, 0.25) is 0 Å². The van der Waals surface area contributed by atoms with E-state index in [1.165, 1.54) is 12.8 Å². The van der Waals surface area contributed by atoms with E-state index in [1.807, 2.05) is 24.3 Å². The molecule has 21 heavy (non-hydrogen) atoms. The molecule has 0 aromatic heterocycles. The molecule has 2 rings (SSSR count). The fraction of sp³-hybridized carbons (Fsp3) is 0.588. The van der Waals surface area contributed by atoms with Gasteiger partial charge < -0.3 is 15.8 Å². The molecule has 1 aromatic carbocycles. The van der Waals surface area contributed by atoms with Crippen molar-refractivity contribution in [2.24, 2.45) is 11.7 Å². The molecule has 116 valence electrons. The average molecular weight is 290 g/mol. The Balaban J connectivity index is 1.92. The van der Waals surface area contributed by atoms with E-state index in [0.717, 1.165) is 24.3 Å². The summed E-state index contributed by atoms with van der Waals surface area (Å²) in [5.41, 5.74) is 6.64. The second kappa shape index (κ2) is 7.46. The number of rotatable bonds is 6. The molecular weight excluding hydrogens is 264 g/mol. The minimum absolute atomic E-state index is 0.137. The molecule has 1 saturated carbocycles. The van der Waals surface area contributed by atoms with Crippen LogP contribution in [-0.2, 0) is 4.79 Å². The zero-order chi connectivity index (χ0) is 15.2. The molecule has 3 N–H and O–H groups in total. The average Bonchev–Trinajstić information content (AvgIpc) is 2.91. The quantitative estimate of drug-likeness (QED) is 0.844. The Hall–Kier alpha value is -1.55. The fourth-order valence-electron chi connectivity index (χ4n) is 2.70. The Kier molecular flexibility index (Phi) is 5.62. The lowest BCUT2D eigenvalue weighted by Crippen LogP contribution is -2.36. The zero-order valence-electron chi connectivity index (χ0n) is 13.0. The highest BCUT2D eigenvalue weighted by atomic mass is 16.5. The van der Waals surface area contributed by atoms with Crippen molar-refractivity contribution in [1.82, 2.24) is 0 Å². The molecule has 4 heteroatoms. The van der Waals surface area contributed by atoms with Crippen molar-refractivity contribution in [3.05, 3.63) is 24.3 Å². The van der Waals surface area contributed by atoms with Crippen LogP contribution in [0.25, 0.3) is 0 Å². The lowest BCUT2D eigenvalue weighted by molar-refractivity contribution is -0.117. The summed E-state index contributed by atoms with van der Waals surface area (Å²) in [5, 5.41) is 2.87. The second-order valence-electron chi connectivity index (χ2n) is 6.28. The van der Waals surface area contributed by atoms with Crippen LogP contribution in [0.3, 0.4) is 0 Å². The van der Waals surface area contributed by atoms with E-state index in [-0.39, 0.29) is 5.91 Å². The molecular formula is C17H26N2O2. The second-order valence-corrected chi connectivity index (χ2v) is 6.28. The van der Waals surface area contributed by atoms with Gasteiger partial charge in [0.05, 0.1) is 12.1 Å². The van der Waals surface area contributed by atoms with E-state index in [1.54, 1.807) is 0 Å². The molecule has 1 aromatic rings. The predicted molar refractivity (Wildman–Crippen MR) is 85.4 cm³/mol. The largest absolute Gasteiger partial charge is 0.490 e. The first-order valence-corrected chi connectivity index (χ1v) is 7.88. The lowest BCUT2D eigenvalue weighted by atomic mass is 10.0. The smallest absolute Gasteiger partial charge is 0.241 e. The van der Waals surface area contributed by atoms with Crippen molar-refractivity contribution < 1.29 is 9.53 Å². The van der Waals surface area contributed by atoms with Crippen LogP contribution in [0.15, 0.2) is 24.3 Å². The van der Waals surface area contributed by atoms with Crippen LogP contribution >= 0.6 is 0 Å². The van der Waals surface area contributed by atoms with Gasteiger partial charge in [0, 0.05) is 11.8 Å². The highest BCUT2D eigenvalue weighted by molar-refractivity contribution is 5.94. The summed E-state index contributed by atoms with van der Waals surface area (Å²) in [6, 6.07) is 7.10. The number of nitrogens with two attached hydrogens (primary N) is 1. The van der Waals surface area contributed by atoms with Gasteiger partial charge in [0.2, 0.25) is 5.91 Å². The van der Waals surface area contributed by atoms with Gasteiger partial charge in [-0.25, -0.2) is 0 Å². The van der Waals surface area contributed by atoms with E-state index >= 15 is 0 Å². The zero-order valence-corrected chi connectivity index (χ0v) is 13.0. The molecule has 1 amide bonds. The summed E-state index contributed by atoms with van der Waals surface area (Å²) in [4.78, 5) is 12.0. The van der Waals surface area contributed by atoms with E-state index in [2.05, 4.69) is 19.2 Å². The maximum absolute atomic E-state index is 12.0. The van der Waals surface area contributed by atoms with Crippen LogP contribution in [0.4, 0.5) is 5.69 Å². The van der Waals surface area contributed by atoms with E-state index in [4.69, 9.17) is 10.5 Å². The predicted octanol–water partition coefficient (Wildman–Crippen LogP) is 3.32. The standard InChI is InChI=1S/C17H26N2O2/c1-12(2)10-16(18)17(20)19-13-6-5-9-15(11-13)21-14-7-3-4-8-14/h5-6,9,11-12,14,16H,3-4,7-8,10,18H2,1-2H3,(H,19,20)/t16-/m0/s1. The van der Waals surface area contributed by atoms with Crippen molar-refractivity contribution in [3.63, 3.8) is 0 Å². The molecule has 1 fully saturated rings. The van der Waals surface area contributed by atoms with Gasteiger partial charge in [0.1, 0.15) is 5.75 Å². The molecule has 0 spiro atoms. The summed E-state index contributed by atoms with van der Waals surface area (Å²) in [7, 11) is 0. The number of ether oxygens (including phenoxy) is 1. The summed E-state index contributed by atoms with van der Waals surface area (Å²) in [5.74, 6) is 1.08. The normalized spacial score (nSPS) is 17.0. The summed E-state index contributed by atoms with van der Waals surface area (Å²) in [6.07, 6.45) is 5.73. The number of benzene rings is 1. The van der Waals surface area contributed by atoms with Crippen molar-refractivity contribution in [2.75, 3.05) is 5.32 Å². The van der Waals surface area contributed by atoms with Gasteiger partial charge >= 0.3 is 0 Å². The molecule has 1 aliphatic rings.